The van der Waals surface area contributed by atoms with Gasteiger partial charge in [0.15, 0.2) is 0 Å². The number of hydrogen-bond donors (Lipinski definition) is 1. The van der Waals surface area contributed by atoms with Crippen molar-refractivity contribution in [2.45, 2.75) is 38.5 Å². The van der Waals surface area contributed by atoms with Gasteiger partial charge >= 0.3 is 12.1 Å². The Kier molecular flexibility index (Phi) is 7.43. The minimum Gasteiger partial charge on any atom is -0.459 e. The predicted molar refractivity (Wildman–Crippen MR) is 110 cm³/mol. The van der Waals surface area contributed by atoms with E-state index in [0.29, 0.717) is 24.9 Å². The molecular formula is C23H26N2O5. The zero-order valence-electron chi connectivity index (χ0n) is 17.0. The number of carbonyl (C=O) groups excluding carboxylic acids is 3. The number of esters is 1. The summed E-state index contributed by atoms with van der Waals surface area (Å²) in [5.74, 6) is -0.791. The Morgan fingerprint density at radius 3 is 2.37 bits per heavy atom. The van der Waals surface area contributed by atoms with Crippen molar-refractivity contribution >= 4 is 18.0 Å². The summed E-state index contributed by atoms with van der Waals surface area (Å²) in [4.78, 5) is 39.5. The van der Waals surface area contributed by atoms with Crippen LogP contribution in [0, 0.1) is 0 Å². The quantitative estimate of drug-likeness (QED) is 0.709. The molecule has 0 saturated carbocycles. The minimum atomic E-state index is -0.937. The fraction of sp³-hybridized carbons (Fsp3) is 0.348. The molecule has 2 aromatic carbocycles. The Hall–Kier alpha value is -3.35. The first-order valence-electron chi connectivity index (χ1n) is 10.1. The summed E-state index contributed by atoms with van der Waals surface area (Å²) in [5.41, 5.74) is 1.51. The lowest BCUT2D eigenvalue weighted by atomic mass is 10.1. The first-order chi connectivity index (χ1) is 14.6. The highest BCUT2D eigenvalue weighted by molar-refractivity contribution is 5.91. The topological polar surface area (TPSA) is 84.9 Å². The van der Waals surface area contributed by atoms with E-state index in [1.165, 1.54) is 4.90 Å². The number of amides is 2. The van der Waals surface area contributed by atoms with E-state index in [4.69, 9.17) is 9.47 Å². The zero-order valence-corrected chi connectivity index (χ0v) is 17.0. The van der Waals surface area contributed by atoms with E-state index >= 15 is 0 Å². The van der Waals surface area contributed by atoms with Crippen LogP contribution in [0.1, 0.15) is 36.9 Å². The van der Waals surface area contributed by atoms with Crippen LogP contribution in [0.5, 0.6) is 0 Å². The van der Waals surface area contributed by atoms with Crippen LogP contribution in [0.4, 0.5) is 4.79 Å². The molecule has 7 heteroatoms. The summed E-state index contributed by atoms with van der Waals surface area (Å²) in [5, 5.41) is 2.62. The minimum absolute atomic E-state index is 0.154. The number of rotatable bonds is 7. The number of benzene rings is 2. The normalized spacial score (nSPS) is 16.6. The molecule has 0 radical (unpaired) electrons. The first kappa shape index (κ1) is 21.4. The van der Waals surface area contributed by atoms with Crippen LogP contribution in [0.15, 0.2) is 60.7 Å². The van der Waals surface area contributed by atoms with Gasteiger partial charge in [0, 0.05) is 6.54 Å². The maximum absolute atomic E-state index is 13.3. The lowest BCUT2D eigenvalue weighted by Crippen LogP contribution is -2.47. The molecule has 2 atom stereocenters. The third kappa shape index (κ3) is 5.37. The number of nitrogens with zero attached hydrogens (tertiary/aromatic N) is 1. The van der Waals surface area contributed by atoms with Gasteiger partial charge in [0.1, 0.15) is 18.7 Å². The Morgan fingerprint density at radius 2 is 1.70 bits per heavy atom. The number of carbonyl (C=O) groups is 3. The van der Waals surface area contributed by atoms with Gasteiger partial charge in [-0.3, -0.25) is 4.79 Å². The molecule has 158 valence electrons. The predicted octanol–water partition coefficient (Wildman–Crippen LogP) is 3.21. The Labute approximate surface area is 176 Å². The third-order valence-electron chi connectivity index (χ3n) is 4.95. The molecule has 1 aliphatic rings. The van der Waals surface area contributed by atoms with Gasteiger partial charge in [-0.2, -0.15) is 0 Å². The molecule has 0 aromatic heterocycles. The number of nitrogens with one attached hydrogen (secondary N) is 1. The molecule has 0 aliphatic carbocycles. The molecule has 1 fully saturated rings. The van der Waals surface area contributed by atoms with Crippen LogP contribution in [0.25, 0.3) is 0 Å². The monoisotopic (exact) mass is 410 g/mol. The smallest absolute Gasteiger partial charge is 0.408 e. The molecule has 1 heterocycles. The van der Waals surface area contributed by atoms with Gasteiger partial charge in [-0.25, -0.2) is 9.59 Å². The molecule has 2 amide bonds. The van der Waals surface area contributed by atoms with Gasteiger partial charge in [0.2, 0.25) is 0 Å². The second kappa shape index (κ2) is 10.4. The van der Waals surface area contributed by atoms with Crippen LogP contribution in [0.3, 0.4) is 0 Å². The van der Waals surface area contributed by atoms with Crippen LogP contribution in [-0.2, 0) is 25.7 Å². The van der Waals surface area contributed by atoms with Crippen molar-refractivity contribution in [2.24, 2.45) is 0 Å². The second-order valence-electron chi connectivity index (χ2n) is 6.99. The summed E-state index contributed by atoms with van der Waals surface area (Å²) in [7, 11) is 0. The van der Waals surface area contributed by atoms with Gasteiger partial charge in [-0.1, -0.05) is 60.7 Å². The van der Waals surface area contributed by atoms with E-state index in [1.807, 2.05) is 36.4 Å². The molecule has 3 rings (SSSR count). The fourth-order valence-corrected chi connectivity index (χ4v) is 3.49. The second-order valence-corrected chi connectivity index (χ2v) is 6.99. The van der Waals surface area contributed by atoms with Crippen molar-refractivity contribution in [3.8, 4) is 0 Å². The summed E-state index contributed by atoms with van der Waals surface area (Å²) in [6, 6.07) is 16.7. The van der Waals surface area contributed by atoms with Crippen molar-refractivity contribution in [1.82, 2.24) is 10.2 Å². The van der Waals surface area contributed by atoms with Crippen LogP contribution < -0.4 is 5.32 Å². The van der Waals surface area contributed by atoms with E-state index in [0.717, 1.165) is 5.56 Å². The van der Waals surface area contributed by atoms with E-state index in [1.54, 1.807) is 31.2 Å². The van der Waals surface area contributed by atoms with Gasteiger partial charge in [0.05, 0.1) is 6.61 Å². The SMILES string of the molecule is CCOC(=O)N[C@@H](C(=O)N1CCC[C@H]1C(=O)OCc1ccccc1)c1ccccc1. The molecule has 2 aromatic rings. The number of alkyl carbamates (subject to hydrolysis) is 1. The van der Waals surface area contributed by atoms with Crippen LogP contribution in [0.2, 0.25) is 0 Å². The van der Waals surface area contributed by atoms with Crippen molar-refractivity contribution < 1.29 is 23.9 Å². The molecule has 1 aliphatic heterocycles. The molecule has 0 bridgehead atoms. The highest BCUT2D eigenvalue weighted by Crippen LogP contribution is 2.25. The fourth-order valence-electron chi connectivity index (χ4n) is 3.49. The van der Waals surface area contributed by atoms with Crippen LogP contribution in [-0.4, -0.2) is 42.1 Å². The summed E-state index contributed by atoms with van der Waals surface area (Å²) < 4.78 is 10.4. The third-order valence-corrected chi connectivity index (χ3v) is 4.95. The average molecular weight is 410 g/mol. The molecule has 1 N–H and O–H groups in total. The van der Waals surface area contributed by atoms with Gasteiger partial charge in [0.25, 0.3) is 5.91 Å². The van der Waals surface area contributed by atoms with Crippen molar-refractivity contribution in [3.63, 3.8) is 0 Å². The highest BCUT2D eigenvalue weighted by Gasteiger charge is 2.39. The zero-order chi connectivity index (χ0) is 21.3. The average Bonchev–Trinajstić information content (AvgIpc) is 3.27. The lowest BCUT2D eigenvalue weighted by Gasteiger charge is -2.28. The Morgan fingerprint density at radius 1 is 1.03 bits per heavy atom. The molecular weight excluding hydrogens is 384 g/mol. The number of ether oxygens (including phenoxy) is 2. The van der Waals surface area contributed by atoms with Crippen molar-refractivity contribution in [3.05, 3.63) is 71.8 Å². The molecule has 7 nitrogen and oxygen atoms in total. The van der Waals surface area contributed by atoms with Gasteiger partial charge in [-0.05, 0) is 30.9 Å². The van der Waals surface area contributed by atoms with E-state index in [-0.39, 0.29) is 19.1 Å². The maximum Gasteiger partial charge on any atom is 0.408 e. The largest absolute Gasteiger partial charge is 0.459 e. The maximum atomic E-state index is 13.3. The number of likely N-dealkylation sites (tertiary alicyclic amines) is 1. The molecule has 0 spiro atoms. The number of hydrogen-bond acceptors (Lipinski definition) is 5. The van der Waals surface area contributed by atoms with E-state index in [9.17, 15) is 14.4 Å². The first-order valence-corrected chi connectivity index (χ1v) is 10.1. The Balaban J connectivity index is 1.72. The summed E-state index contributed by atoms with van der Waals surface area (Å²) in [6.07, 6.45) is 0.542. The molecule has 30 heavy (non-hydrogen) atoms. The van der Waals surface area contributed by atoms with Gasteiger partial charge in [-0.15, -0.1) is 0 Å². The van der Waals surface area contributed by atoms with Gasteiger partial charge < -0.3 is 19.7 Å². The van der Waals surface area contributed by atoms with E-state index in [2.05, 4.69) is 5.32 Å². The van der Waals surface area contributed by atoms with E-state index < -0.39 is 24.1 Å². The standard InChI is InChI=1S/C23H26N2O5/c1-2-29-23(28)24-20(18-12-7-4-8-13-18)21(26)25-15-9-14-19(25)22(27)30-16-17-10-5-3-6-11-17/h3-8,10-13,19-20H,2,9,14-16H2,1H3,(H,24,28)/t19-,20+/m0/s1. The molecule has 0 unspecified atom stereocenters. The van der Waals surface area contributed by atoms with Crippen LogP contribution >= 0.6 is 0 Å². The lowest BCUT2D eigenvalue weighted by molar-refractivity contribution is -0.155. The summed E-state index contributed by atoms with van der Waals surface area (Å²) >= 11 is 0. The van der Waals surface area contributed by atoms with Crippen molar-refractivity contribution in [2.75, 3.05) is 13.2 Å². The Bertz CT molecular complexity index is 856. The highest BCUT2D eigenvalue weighted by atomic mass is 16.5. The van der Waals surface area contributed by atoms with Crippen molar-refractivity contribution in [1.29, 1.82) is 0 Å². The molecule has 1 saturated heterocycles. The summed E-state index contributed by atoms with van der Waals surface area (Å²) in [6.45, 7) is 2.47.